The smallest absolute Gasteiger partial charge is 0.306 e. The van der Waals surface area contributed by atoms with Gasteiger partial charge in [-0.2, -0.15) is 0 Å². The topological polar surface area (TPSA) is 78.9 Å². The highest BCUT2D eigenvalue weighted by Gasteiger charge is 2.19. The van der Waals surface area contributed by atoms with Crippen LogP contribution in [-0.4, -0.2) is 37.2 Å². The first-order chi connectivity index (χ1) is 40.0. The van der Waals surface area contributed by atoms with Crippen LogP contribution in [0.1, 0.15) is 393 Å². The van der Waals surface area contributed by atoms with Crippen LogP contribution in [-0.2, 0) is 28.6 Å². The molecule has 81 heavy (non-hydrogen) atoms. The molecule has 6 heteroatoms. The first kappa shape index (κ1) is 78.4. The maximum absolute atomic E-state index is 12.9. The number of carbonyl (C=O) groups excluding carboxylic acids is 3. The predicted molar refractivity (Wildman–Crippen MR) is 353 cm³/mol. The summed E-state index contributed by atoms with van der Waals surface area (Å²) in [6.07, 6.45) is 88.7. The molecule has 0 aromatic rings. The second kappa shape index (κ2) is 69.9. The molecule has 1 atom stereocenters. The number of carbonyl (C=O) groups is 3. The minimum absolute atomic E-state index is 0.0756. The van der Waals surface area contributed by atoms with Gasteiger partial charge < -0.3 is 14.2 Å². The third-order valence-electron chi connectivity index (χ3n) is 16.3. The van der Waals surface area contributed by atoms with Gasteiger partial charge in [-0.1, -0.05) is 320 Å². The summed E-state index contributed by atoms with van der Waals surface area (Å²) in [5, 5.41) is 0. The lowest BCUT2D eigenvalue weighted by Crippen LogP contribution is -2.30. The quantitative estimate of drug-likeness (QED) is 0.0261. The van der Waals surface area contributed by atoms with Gasteiger partial charge in [0.1, 0.15) is 13.2 Å². The van der Waals surface area contributed by atoms with E-state index in [1.54, 1.807) is 0 Å². The normalized spacial score (nSPS) is 12.3. The Labute approximate surface area is 505 Å². The Kier molecular flexibility index (Phi) is 67.6. The Bertz CT molecular complexity index is 1400. The molecule has 0 aliphatic carbocycles. The molecule has 0 aliphatic rings. The maximum atomic E-state index is 12.9. The number of allylic oxidation sites excluding steroid dienone is 8. The van der Waals surface area contributed by atoms with Crippen LogP contribution in [0.15, 0.2) is 48.6 Å². The van der Waals surface area contributed by atoms with Crippen LogP contribution < -0.4 is 0 Å². The van der Waals surface area contributed by atoms with Crippen molar-refractivity contribution in [2.45, 2.75) is 399 Å². The van der Waals surface area contributed by atoms with Gasteiger partial charge in [0.15, 0.2) is 6.10 Å². The number of hydrogen-bond acceptors (Lipinski definition) is 6. The highest BCUT2D eigenvalue weighted by atomic mass is 16.6. The number of ether oxygens (including phenoxy) is 3. The van der Waals surface area contributed by atoms with Crippen molar-refractivity contribution in [3.8, 4) is 0 Å². The van der Waals surface area contributed by atoms with Crippen LogP contribution in [0.3, 0.4) is 0 Å². The molecule has 0 spiro atoms. The van der Waals surface area contributed by atoms with E-state index < -0.39 is 6.10 Å². The Morgan fingerprint density at radius 2 is 0.444 bits per heavy atom. The van der Waals surface area contributed by atoms with Gasteiger partial charge in [-0.25, -0.2) is 0 Å². The van der Waals surface area contributed by atoms with E-state index in [1.807, 2.05) is 0 Å². The third kappa shape index (κ3) is 68.0. The minimum atomic E-state index is -0.781. The molecule has 6 nitrogen and oxygen atoms in total. The lowest BCUT2D eigenvalue weighted by atomic mass is 10.0. The van der Waals surface area contributed by atoms with Crippen molar-refractivity contribution >= 4 is 17.9 Å². The second-order valence-electron chi connectivity index (χ2n) is 24.5. The first-order valence-corrected chi connectivity index (χ1v) is 36.1. The fourth-order valence-corrected chi connectivity index (χ4v) is 10.8. The van der Waals surface area contributed by atoms with Gasteiger partial charge in [0.25, 0.3) is 0 Å². The van der Waals surface area contributed by atoms with Gasteiger partial charge in [-0.05, 0) is 103 Å². The van der Waals surface area contributed by atoms with E-state index in [0.29, 0.717) is 19.3 Å². The molecule has 0 aromatic heterocycles. The molecule has 0 N–H and O–H groups in total. The van der Waals surface area contributed by atoms with Crippen molar-refractivity contribution in [2.75, 3.05) is 13.2 Å². The third-order valence-corrected chi connectivity index (χ3v) is 16.3. The standard InChI is InChI=1S/C75H138O6/c1-4-7-10-13-16-19-22-25-28-30-31-32-33-34-35-36-37-38-39-40-41-42-43-45-47-50-53-56-59-62-65-68-74(77)80-71-72(70-79-73(76)67-64-61-58-55-52-49-46-27-24-21-18-15-12-9-6-3)81-75(78)69-66-63-60-57-54-51-48-44-29-26-23-20-17-14-11-8-5-2/h18,21,26-27,29-31,46,72H,4-17,19-20,22-25,28,32-45,47-71H2,1-3H3/b21-18-,29-26-,31-30-,46-27-. The summed E-state index contributed by atoms with van der Waals surface area (Å²) in [5.41, 5.74) is 0. The Balaban J connectivity index is 4.18. The summed E-state index contributed by atoms with van der Waals surface area (Å²) in [6, 6.07) is 0. The van der Waals surface area contributed by atoms with Crippen LogP contribution in [0.25, 0.3) is 0 Å². The van der Waals surface area contributed by atoms with Crippen LogP contribution in [0.2, 0.25) is 0 Å². The van der Waals surface area contributed by atoms with E-state index in [9.17, 15) is 14.4 Å². The van der Waals surface area contributed by atoms with E-state index in [2.05, 4.69) is 69.4 Å². The Morgan fingerprint density at radius 1 is 0.247 bits per heavy atom. The SMILES string of the molecule is CCCCC/C=C\C/C=C\CCCCCCCC(=O)OCC(COC(=O)CCCCCCCCCCCCCCCCCCCCC/C=C\CCCCCCCCCC)OC(=O)CCCCCCCCC/C=C\CCCCCCCC. The summed E-state index contributed by atoms with van der Waals surface area (Å²) >= 11 is 0. The Morgan fingerprint density at radius 3 is 0.716 bits per heavy atom. The highest BCUT2D eigenvalue weighted by molar-refractivity contribution is 5.71. The highest BCUT2D eigenvalue weighted by Crippen LogP contribution is 2.18. The van der Waals surface area contributed by atoms with Crippen molar-refractivity contribution in [1.29, 1.82) is 0 Å². The molecular weight excluding hydrogens is 997 g/mol. The van der Waals surface area contributed by atoms with Crippen molar-refractivity contribution in [1.82, 2.24) is 0 Å². The molecule has 1 unspecified atom stereocenters. The average molecular weight is 1140 g/mol. The molecule has 0 fully saturated rings. The largest absolute Gasteiger partial charge is 0.462 e. The summed E-state index contributed by atoms with van der Waals surface area (Å²) in [4.78, 5) is 38.4. The molecule has 0 saturated carbocycles. The van der Waals surface area contributed by atoms with Crippen molar-refractivity contribution in [3.63, 3.8) is 0 Å². The predicted octanol–water partition coefficient (Wildman–Crippen LogP) is 24.9. The Hall–Kier alpha value is -2.63. The van der Waals surface area contributed by atoms with E-state index >= 15 is 0 Å². The molecule has 474 valence electrons. The van der Waals surface area contributed by atoms with Crippen LogP contribution in [0, 0.1) is 0 Å². The monoisotopic (exact) mass is 1140 g/mol. The summed E-state index contributed by atoms with van der Waals surface area (Å²) < 4.78 is 17.0. The number of rotatable bonds is 67. The van der Waals surface area contributed by atoms with Crippen LogP contribution >= 0.6 is 0 Å². The average Bonchev–Trinajstić information content (AvgIpc) is 3.47. The first-order valence-electron chi connectivity index (χ1n) is 36.1. The maximum Gasteiger partial charge on any atom is 0.306 e. The van der Waals surface area contributed by atoms with Gasteiger partial charge in [0.05, 0.1) is 0 Å². The lowest BCUT2D eigenvalue weighted by Gasteiger charge is -2.18. The molecule has 0 amide bonds. The zero-order valence-electron chi connectivity index (χ0n) is 54.6. The van der Waals surface area contributed by atoms with Gasteiger partial charge in [0.2, 0.25) is 0 Å². The van der Waals surface area contributed by atoms with Gasteiger partial charge in [-0.3, -0.25) is 14.4 Å². The second-order valence-corrected chi connectivity index (χ2v) is 24.5. The molecular formula is C75H138O6. The number of esters is 3. The van der Waals surface area contributed by atoms with Gasteiger partial charge in [0, 0.05) is 19.3 Å². The fraction of sp³-hybridized carbons (Fsp3) is 0.853. The van der Waals surface area contributed by atoms with Crippen molar-refractivity contribution in [2.24, 2.45) is 0 Å². The number of unbranched alkanes of at least 4 members (excludes halogenated alkanes) is 48. The summed E-state index contributed by atoms with van der Waals surface area (Å²) in [6.45, 7) is 6.66. The molecule has 0 saturated heterocycles. The lowest BCUT2D eigenvalue weighted by molar-refractivity contribution is -0.167. The van der Waals surface area contributed by atoms with Gasteiger partial charge >= 0.3 is 17.9 Å². The molecule has 0 heterocycles. The molecule has 0 aromatic carbocycles. The summed E-state index contributed by atoms with van der Waals surface area (Å²) in [5.74, 6) is -0.870. The molecule has 0 radical (unpaired) electrons. The fourth-order valence-electron chi connectivity index (χ4n) is 10.8. The summed E-state index contributed by atoms with van der Waals surface area (Å²) in [7, 11) is 0. The molecule has 0 aliphatic heterocycles. The zero-order valence-corrected chi connectivity index (χ0v) is 54.6. The van der Waals surface area contributed by atoms with E-state index in [0.717, 1.165) is 77.0 Å². The van der Waals surface area contributed by atoms with E-state index in [1.165, 1.54) is 276 Å². The van der Waals surface area contributed by atoms with Crippen LogP contribution in [0.5, 0.6) is 0 Å². The van der Waals surface area contributed by atoms with Gasteiger partial charge in [-0.15, -0.1) is 0 Å². The van der Waals surface area contributed by atoms with Crippen molar-refractivity contribution < 1.29 is 28.6 Å². The zero-order chi connectivity index (χ0) is 58.5. The molecule has 0 bridgehead atoms. The van der Waals surface area contributed by atoms with E-state index in [4.69, 9.17) is 14.2 Å². The minimum Gasteiger partial charge on any atom is -0.462 e. The molecule has 0 rings (SSSR count). The van der Waals surface area contributed by atoms with Crippen LogP contribution in [0.4, 0.5) is 0 Å². The van der Waals surface area contributed by atoms with E-state index in [-0.39, 0.29) is 31.1 Å². The van der Waals surface area contributed by atoms with Crippen molar-refractivity contribution in [3.05, 3.63) is 48.6 Å². The number of hydrogen-bond donors (Lipinski definition) is 0.